The van der Waals surface area contributed by atoms with Crippen LogP contribution < -0.4 is 5.32 Å². The van der Waals surface area contributed by atoms with Crippen LogP contribution in [0.25, 0.3) is 0 Å². The van der Waals surface area contributed by atoms with E-state index < -0.39 is 5.97 Å². The Morgan fingerprint density at radius 3 is 2.40 bits per heavy atom. The number of ether oxygens (including phenoxy) is 2. The van der Waals surface area contributed by atoms with Crippen molar-refractivity contribution >= 4 is 29.3 Å². The lowest BCUT2D eigenvalue weighted by molar-refractivity contribution is -0.139. The van der Waals surface area contributed by atoms with Gasteiger partial charge in [-0.05, 0) is 33.0 Å². The van der Waals surface area contributed by atoms with E-state index in [0.717, 1.165) is 0 Å². The second-order valence-electron chi connectivity index (χ2n) is 3.88. The zero-order valence-electron chi connectivity index (χ0n) is 11.9. The van der Waals surface area contributed by atoms with Gasteiger partial charge in [0.2, 0.25) is 0 Å². The molecule has 6 heteroatoms. The number of hydrogen-bond acceptors (Lipinski definition) is 5. The standard InChI is InChI=1S/C14H19NO4S/c1-5-6-7-11(4)12(16)15-14(20)19-9-8-18-13(17)10(2)3/h5-7H,2,8-9H2,1,3-4H3,(H,15,16,20). The van der Waals surface area contributed by atoms with Gasteiger partial charge in [-0.1, -0.05) is 24.8 Å². The van der Waals surface area contributed by atoms with Gasteiger partial charge < -0.3 is 9.47 Å². The molecule has 0 spiro atoms. The molecule has 0 saturated carbocycles. The fourth-order valence-corrected chi connectivity index (χ4v) is 1.11. The van der Waals surface area contributed by atoms with Crippen molar-refractivity contribution in [3.8, 4) is 0 Å². The largest absolute Gasteiger partial charge is 0.467 e. The molecular weight excluding hydrogens is 278 g/mol. The second kappa shape index (κ2) is 9.91. The first-order chi connectivity index (χ1) is 9.38. The molecular formula is C14H19NO4S. The summed E-state index contributed by atoms with van der Waals surface area (Å²) in [6, 6.07) is 0. The summed E-state index contributed by atoms with van der Waals surface area (Å²) >= 11 is 4.84. The Hall–Kier alpha value is -1.95. The highest BCUT2D eigenvalue weighted by Crippen LogP contribution is 1.95. The van der Waals surface area contributed by atoms with E-state index in [2.05, 4.69) is 11.9 Å². The van der Waals surface area contributed by atoms with Crippen LogP contribution in [0.1, 0.15) is 20.8 Å². The van der Waals surface area contributed by atoms with E-state index in [1.165, 1.54) is 0 Å². The molecule has 110 valence electrons. The lowest BCUT2D eigenvalue weighted by atomic mass is 10.2. The summed E-state index contributed by atoms with van der Waals surface area (Å²) in [4.78, 5) is 22.7. The average molecular weight is 297 g/mol. The van der Waals surface area contributed by atoms with Crippen molar-refractivity contribution in [1.82, 2.24) is 5.32 Å². The van der Waals surface area contributed by atoms with Crippen molar-refractivity contribution < 1.29 is 19.1 Å². The van der Waals surface area contributed by atoms with E-state index >= 15 is 0 Å². The smallest absolute Gasteiger partial charge is 0.333 e. The summed E-state index contributed by atoms with van der Waals surface area (Å²) in [6.45, 7) is 8.60. The molecule has 1 amide bonds. The van der Waals surface area contributed by atoms with Gasteiger partial charge in [0.25, 0.3) is 11.1 Å². The molecule has 0 heterocycles. The molecule has 0 aliphatic rings. The van der Waals surface area contributed by atoms with Crippen LogP contribution in [0.3, 0.4) is 0 Å². The highest BCUT2D eigenvalue weighted by atomic mass is 32.1. The summed E-state index contributed by atoms with van der Waals surface area (Å²) in [6.07, 6.45) is 5.21. The van der Waals surface area contributed by atoms with Crippen LogP contribution in [-0.4, -0.2) is 30.3 Å². The number of thiocarbonyl (C=S) groups is 1. The van der Waals surface area contributed by atoms with Gasteiger partial charge in [0, 0.05) is 11.1 Å². The Balaban J connectivity index is 3.98. The minimum atomic E-state index is -0.492. The molecule has 0 aromatic rings. The van der Waals surface area contributed by atoms with Gasteiger partial charge in [-0.2, -0.15) is 0 Å². The van der Waals surface area contributed by atoms with Crippen LogP contribution in [0.15, 0.2) is 36.0 Å². The third kappa shape index (κ3) is 8.20. The zero-order valence-corrected chi connectivity index (χ0v) is 12.7. The maximum Gasteiger partial charge on any atom is 0.333 e. The van der Waals surface area contributed by atoms with Crippen molar-refractivity contribution in [3.63, 3.8) is 0 Å². The van der Waals surface area contributed by atoms with Gasteiger partial charge in [-0.3, -0.25) is 10.1 Å². The average Bonchev–Trinajstić information content (AvgIpc) is 2.40. The summed E-state index contributed by atoms with van der Waals surface area (Å²) in [7, 11) is 0. The molecule has 0 aromatic heterocycles. The number of carbonyl (C=O) groups excluding carboxylic acids is 2. The topological polar surface area (TPSA) is 64.6 Å². The van der Waals surface area contributed by atoms with Gasteiger partial charge >= 0.3 is 5.97 Å². The van der Waals surface area contributed by atoms with E-state index in [4.69, 9.17) is 21.7 Å². The Bertz CT molecular complexity index is 452. The molecule has 0 fully saturated rings. The van der Waals surface area contributed by atoms with E-state index in [1.54, 1.807) is 26.0 Å². The van der Waals surface area contributed by atoms with Crippen molar-refractivity contribution in [2.45, 2.75) is 20.8 Å². The first kappa shape index (κ1) is 18.0. The van der Waals surface area contributed by atoms with Crippen LogP contribution in [-0.2, 0) is 19.1 Å². The molecule has 0 atom stereocenters. The Morgan fingerprint density at radius 2 is 1.85 bits per heavy atom. The number of rotatable bonds is 6. The van der Waals surface area contributed by atoms with Crippen LogP contribution >= 0.6 is 12.2 Å². The summed E-state index contributed by atoms with van der Waals surface area (Å²) in [5, 5.41) is 2.35. The second-order valence-corrected chi connectivity index (χ2v) is 4.25. The third-order valence-corrected chi connectivity index (χ3v) is 2.23. The molecule has 0 unspecified atom stereocenters. The normalized spacial score (nSPS) is 11.1. The predicted octanol–water partition coefficient (Wildman–Crippen LogP) is 2.05. The monoisotopic (exact) mass is 297 g/mol. The number of allylic oxidation sites excluding steroid dienone is 3. The molecule has 0 rings (SSSR count). The minimum absolute atomic E-state index is 0.0368. The summed E-state index contributed by atoms with van der Waals surface area (Å²) < 4.78 is 9.85. The maximum atomic E-state index is 11.6. The number of carbonyl (C=O) groups is 2. The van der Waals surface area contributed by atoms with E-state index in [1.807, 2.05) is 13.0 Å². The maximum absolute atomic E-state index is 11.6. The van der Waals surface area contributed by atoms with Crippen LogP contribution in [0, 0.1) is 0 Å². The molecule has 0 saturated heterocycles. The van der Waals surface area contributed by atoms with Crippen LogP contribution in [0.4, 0.5) is 0 Å². The van der Waals surface area contributed by atoms with Gasteiger partial charge in [0.15, 0.2) is 0 Å². The SMILES string of the molecule is C=C(C)C(=O)OCCOC(=S)NC(=O)C(C)=CC=CC. The molecule has 0 radical (unpaired) electrons. The molecule has 1 N–H and O–H groups in total. The number of amides is 1. The first-order valence-corrected chi connectivity index (χ1v) is 6.39. The fourth-order valence-electron chi connectivity index (χ4n) is 0.936. The zero-order chi connectivity index (χ0) is 15.5. The van der Waals surface area contributed by atoms with Gasteiger partial charge in [-0.25, -0.2) is 4.79 Å². The van der Waals surface area contributed by atoms with E-state index in [0.29, 0.717) is 11.1 Å². The Morgan fingerprint density at radius 1 is 1.25 bits per heavy atom. The molecule has 0 aromatic carbocycles. The molecule has 0 bridgehead atoms. The highest BCUT2D eigenvalue weighted by Gasteiger charge is 2.07. The molecule has 0 aliphatic carbocycles. The van der Waals surface area contributed by atoms with Crippen LogP contribution in [0.5, 0.6) is 0 Å². The van der Waals surface area contributed by atoms with Gasteiger partial charge in [0.1, 0.15) is 13.2 Å². The highest BCUT2D eigenvalue weighted by molar-refractivity contribution is 7.80. The lowest BCUT2D eigenvalue weighted by Crippen LogP contribution is -2.32. The van der Waals surface area contributed by atoms with Gasteiger partial charge in [0.05, 0.1) is 0 Å². The van der Waals surface area contributed by atoms with E-state index in [-0.39, 0.29) is 24.3 Å². The lowest BCUT2D eigenvalue weighted by Gasteiger charge is -2.09. The molecule has 0 aliphatic heterocycles. The van der Waals surface area contributed by atoms with E-state index in [9.17, 15) is 9.59 Å². The summed E-state index contributed by atoms with van der Waals surface area (Å²) in [5.74, 6) is -0.833. The minimum Gasteiger partial charge on any atom is -0.467 e. The van der Waals surface area contributed by atoms with Crippen molar-refractivity contribution in [3.05, 3.63) is 36.0 Å². The van der Waals surface area contributed by atoms with Crippen molar-refractivity contribution in [1.29, 1.82) is 0 Å². The quantitative estimate of drug-likeness (QED) is 0.267. The van der Waals surface area contributed by atoms with Crippen molar-refractivity contribution in [2.24, 2.45) is 0 Å². The van der Waals surface area contributed by atoms with Crippen LogP contribution in [0.2, 0.25) is 0 Å². The van der Waals surface area contributed by atoms with Crippen molar-refractivity contribution in [2.75, 3.05) is 13.2 Å². The molecule has 5 nitrogen and oxygen atoms in total. The number of hydrogen-bond donors (Lipinski definition) is 1. The Kier molecular flexibility index (Phi) is 8.95. The molecule has 20 heavy (non-hydrogen) atoms. The van der Waals surface area contributed by atoms with Gasteiger partial charge in [-0.15, -0.1) is 0 Å². The number of esters is 1. The fraction of sp³-hybridized carbons (Fsp3) is 0.357. The Labute approximate surface area is 124 Å². The number of nitrogens with one attached hydrogen (secondary N) is 1. The first-order valence-electron chi connectivity index (χ1n) is 5.98. The summed E-state index contributed by atoms with van der Waals surface area (Å²) in [5.41, 5.74) is 0.813. The third-order valence-electron chi connectivity index (χ3n) is 2.01. The predicted molar refractivity (Wildman–Crippen MR) is 81.0 cm³/mol.